The Bertz CT molecular complexity index is 1520. The average molecular weight is 468 g/mol. The Morgan fingerprint density at radius 1 is 0.941 bits per heavy atom. The molecule has 9 heteroatoms. The summed E-state index contributed by atoms with van der Waals surface area (Å²) in [6.45, 7) is 2.02. The summed E-state index contributed by atoms with van der Waals surface area (Å²) in [5.41, 5.74) is 4.24. The van der Waals surface area contributed by atoms with Gasteiger partial charge in [0.2, 0.25) is 5.91 Å². The van der Waals surface area contributed by atoms with Gasteiger partial charge in [0.1, 0.15) is 6.54 Å². The van der Waals surface area contributed by atoms with Gasteiger partial charge in [0.25, 0.3) is 0 Å². The Labute approximate surface area is 200 Å². The number of aromatic amines is 2. The Morgan fingerprint density at radius 2 is 1.71 bits per heavy atom. The van der Waals surface area contributed by atoms with Gasteiger partial charge in [-0.15, -0.1) is 0 Å². The molecule has 0 saturated carbocycles. The van der Waals surface area contributed by atoms with E-state index in [-0.39, 0.29) is 12.5 Å². The minimum atomic E-state index is -0.235. The highest BCUT2D eigenvalue weighted by atomic mass is 32.1. The summed E-state index contributed by atoms with van der Waals surface area (Å²) >= 11 is 5.38. The van der Waals surface area contributed by atoms with Gasteiger partial charge in [-0.25, -0.2) is 4.98 Å². The van der Waals surface area contributed by atoms with E-state index in [1.165, 1.54) is 0 Å². The van der Waals surface area contributed by atoms with E-state index in [9.17, 15) is 4.79 Å². The molecule has 0 atom stereocenters. The van der Waals surface area contributed by atoms with Crippen LogP contribution < -0.4 is 5.32 Å². The lowest BCUT2D eigenvalue weighted by atomic mass is 10.1. The van der Waals surface area contributed by atoms with E-state index >= 15 is 0 Å². The molecule has 5 aromatic rings. The molecule has 2 heterocycles. The summed E-state index contributed by atoms with van der Waals surface area (Å²) in [7, 11) is 0. The molecule has 168 valence electrons. The first kappa shape index (κ1) is 21.5. The zero-order valence-corrected chi connectivity index (χ0v) is 19.1. The number of H-pyrrole nitrogens is 2. The number of amides is 1. The zero-order chi connectivity index (χ0) is 23.5. The third-order valence-corrected chi connectivity index (χ3v) is 5.62. The zero-order valence-electron chi connectivity index (χ0n) is 18.3. The minimum absolute atomic E-state index is 0.0125. The Balaban J connectivity index is 1.39. The molecule has 0 saturated heterocycles. The van der Waals surface area contributed by atoms with Gasteiger partial charge >= 0.3 is 0 Å². The summed E-state index contributed by atoms with van der Waals surface area (Å²) in [5, 5.41) is 17.4. The smallest absolute Gasteiger partial charge is 0.244 e. The predicted molar refractivity (Wildman–Crippen MR) is 133 cm³/mol. The lowest BCUT2D eigenvalue weighted by Crippen LogP contribution is -2.20. The fraction of sp³-hybridized carbons (Fsp3) is 0.0800. The number of nitrogens with one attached hydrogen (secondary N) is 3. The van der Waals surface area contributed by atoms with E-state index in [1.807, 2.05) is 85.8 Å². The summed E-state index contributed by atoms with van der Waals surface area (Å²) in [4.78, 5) is 17.6. The molecule has 2 aromatic heterocycles. The van der Waals surface area contributed by atoms with Crippen molar-refractivity contribution in [1.29, 1.82) is 0 Å². The molecule has 1 amide bonds. The average Bonchev–Trinajstić information content (AvgIpc) is 3.48. The highest BCUT2D eigenvalue weighted by molar-refractivity contribution is 7.71. The van der Waals surface area contributed by atoms with Crippen LogP contribution in [0.5, 0.6) is 0 Å². The molecule has 3 N–H and O–H groups in total. The van der Waals surface area contributed by atoms with Gasteiger partial charge < -0.3 is 5.32 Å². The quantitative estimate of drug-likeness (QED) is 0.305. The molecule has 0 aliphatic carbocycles. The standard InChI is InChI=1S/C25H21N7OS/c1-16-8-7-11-18(14-16)24-30-31-25(34)32(24)15-21(33)26-20-13-6-5-12-19(20)23-27-22(28-29-23)17-9-3-2-4-10-17/h2-14H,15H2,1H3,(H,26,33)(H,31,34)(H,27,28,29). The summed E-state index contributed by atoms with van der Waals surface area (Å²) in [6, 6.07) is 25.1. The number of hydrogen-bond donors (Lipinski definition) is 3. The third kappa shape index (κ3) is 4.41. The number of aromatic nitrogens is 6. The maximum absolute atomic E-state index is 13.0. The summed E-state index contributed by atoms with van der Waals surface area (Å²) in [6.07, 6.45) is 0. The Kier molecular flexibility index (Phi) is 5.84. The summed E-state index contributed by atoms with van der Waals surface area (Å²) < 4.78 is 2.06. The largest absolute Gasteiger partial charge is 0.324 e. The van der Waals surface area contributed by atoms with Gasteiger partial charge in [-0.2, -0.15) is 10.2 Å². The van der Waals surface area contributed by atoms with Crippen molar-refractivity contribution in [1.82, 2.24) is 29.9 Å². The van der Waals surface area contributed by atoms with Gasteiger partial charge in [-0.05, 0) is 37.3 Å². The molecule has 0 aliphatic heterocycles. The van der Waals surface area contributed by atoms with Gasteiger partial charge in [-0.3, -0.25) is 19.6 Å². The van der Waals surface area contributed by atoms with Crippen molar-refractivity contribution in [2.24, 2.45) is 0 Å². The first-order valence-corrected chi connectivity index (χ1v) is 11.1. The Hall–Kier alpha value is -4.37. The molecule has 0 spiro atoms. The second-order valence-electron chi connectivity index (χ2n) is 7.78. The highest BCUT2D eigenvalue weighted by Gasteiger charge is 2.16. The first-order chi connectivity index (χ1) is 16.6. The molecule has 5 rings (SSSR count). The number of hydrogen-bond acceptors (Lipinski definition) is 5. The van der Waals surface area contributed by atoms with Crippen LogP contribution in [0.4, 0.5) is 5.69 Å². The molecule has 34 heavy (non-hydrogen) atoms. The third-order valence-electron chi connectivity index (χ3n) is 5.31. The molecule has 0 aliphatic rings. The SMILES string of the molecule is Cc1cccc(-c2n[nH]c(=S)n2CC(=O)Nc2ccccc2-c2nc(-c3ccccc3)n[nH]2)c1. The van der Waals surface area contributed by atoms with Crippen molar-refractivity contribution in [2.45, 2.75) is 13.5 Å². The predicted octanol–water partition coefficient (Wildman–Crippen LogP) is 5.01. The van der Waals surface area contributed by atoms with Crippen molar-refractivity contribution in [3.63, 3.8) is 0 Å². The van der Waals surface area contributed by atoms with Crippen LogP contribution in [-0.4, -0.2) is 35.9 Å². The number of nitrogens with zero attached hydrogens (tertiary/aromatic N) is 4. The van der Waals surface area contributed by atoms with Crippen molar-refractivity contribution < 1.29 is 4.79 Å². The lowest BCUT2D eigenvalue weighted by molar-refractivity contribution is -0.116. The fourth-order valence-electron chi connectivity index (χ4n) is 3.70. The topological polar surface area (TPSA) is 104 Å². The van der Waals surface area contributed by atoms with E-state index < -0.39 is 0 Å². The molecule has 8 nitrogen and oxygen atoms in total. The van der Waals surface area contributed by atoms with Crippen LogP contribution in [-0.2, 0) is 11.3 Å². The second kappa shape index (κ2) is 9.24. The number of carbonyl (C=O) groups is 1. The molecule has 0 fully saturated rings. The number of benzene rings is 3. The molecule has 0 unspecified atom stereocenters. The van der Waals surface area contributed by atoms with Crippen LogP contribution in [0.1, 0.15) is 5.56 Å². The van der Waals surface area contributed by atoms with E-state index in [1.54, 1.807) is 4.57 Å². The number of rotatable bonds is 6. The van der Waals surface area contributed by atoms with Crippen molar-refractivity contribution >= 4 is 23.8 Å². The van der Waals surface area contributed by atoms with Crippen LogP contribution >= 0.6 is 12.2 Å². The van der Waals surface area contributed by atoms with Crippen molar-refractivity contribution in [2.75, 3.05) is 5.32 Å². The number of anilines is 1. The lowest BCUT2D eigenvalue weighted by Gasteiger charge is -2.11. The number of para-hydroxylation sites is 1. The van der Waals surface area contributed by atoms with Gasteiger partial charge in [0.15, 0.2) is 22.2 Å². The maximum atomic E-state index is 13.0. The monoisotopic (exact) mass is 467 g/mol. The van der Waals surface area contributed by atoms with Crippen LogP contribution in [0, 0.1) is 11.7 Å². The Morgan fingerprint density at radius 3 is 2.53 bits per heavy atom. The van der Waals surface area contributed by atoms with E-state index in [2.05, 4.69) is 30.7 Å². The van der Waals surface area contributed by atoms with Gasteiger partial charge in [0.05, 0.1) is 5.69 Å². The normalized spacial score (nSPS) is 10.9. The van der Waals surface area contributed by atoms with Crippen molar-refractivity contribution in [3.05, 3.63) is 89.2 Å². The molecule has 0 bridgehead atoms. The van der Waals surface area contributed by atoms with Crippen LogP contribution in [0.25, 0.3) is 34.2 Å². The molecular formula is C25H21N7OS. The fourth-order valence-corrected chi connectivity index (χ4v) is 3.90. The van der Waals surface area contributed by atoms with E-state index in [0.717, 1.165) is 22.3 Å². The minimum Gasteiger partial charge on any atom is -0.324 e. The number of carbonyl (C=O) groups excluding carboxylic acids is 1. The number of aryl methyl sites for hydroxylation is 1. The first-order valence-electron chi connectivity index (χ1n) is 10.7. The van der Waals surface area contributed by atoms with Crippen LogP contribution in [0.15, 0.2) is 78.9 Å². The van der Waals surface area contributed by atoms with E-state index in [0.29, 0.717) is 27.9 Å². The second-order valence-corrected chi connectivity index (χ2v) is 8.16. The summed E-state index contributed by atoms with van der Waals surface area (Å²) in [5.74, 6) is 1.53. The maximum Gasteiger partial charge on any atom is 0.244 e. The molecule has 0 radical (unpaired) electrons. The van der Waals surface area contributed by atoms with Crippen molar-refractivity contribution in [3.8, 4) is 34.2 Å². The van der Waals surface area contributed by atoms with Crippen LogP contribution in [0.2, 0.25) is 0 Å². The van der Waals surface area contributed by atoms with E-state index in [4.69, 9.17) is 12.2 Å². The highest BCUT2D eigenvalue weighted by Crippen LogP contribution is 2.27. The van der Waals surface area contributed by atoms with Crippen LogP contribution in [0.3, 0.4) is 0 Å². The molecule has 3 aromatic carbocycles. The van der Waals surface area contributed by atoms with Gasteiger partial charge in [-0.1, -0.05) is 66.2 Å². The van der Waals surface area contributed by atoms with Gasteiger partial charge in [0, 0.05) is 16.7 Å². The molecular weight excluding hydrogens is 446 g/mol.